The lowest BCUT2D eigenvalue weighted by atomic mass is 9.87. The van der Waals surface area contributed by atoms with Gasteiger partial charge in [0.1, 0.15) is 0 Å². The Bertz CT molecular complexity index is 674. The first-order chi connectivity index (χ1) is 9.51. The van der Waals surface area contributed by atoms with Crippen LogP contribution in [0.3, 0.4) is 0 Å². The Hall–Kier alpha value is -1.71. The van der Waals surface area contributed by atoms with Crippen molar-refractivity contribution in [3.63, 3.8) is 0 Å². The van der Waals surface area contributed by atoms with E-state index in [0.717, 1.165) is 12.3 Å². The summed E-state index contributed by atoms with van der Waals surface area (Å²) < 4.78 is 28.8. The summed E-state index contributed by atoms with van der Waals surface area (Å²) in [5.74, 6) is -2.81. The fourth-order valence-corrected chi connectivity index (χ4v) is 2.51. The number of nitrogens with zero attached hydrogens (tertiary/aromatic N) is 1. The van der Waals surface area contributed by atoms with Gasteiger partial charge in [0.05, 0.1) is 6.04 Å². The highest BCUT2D eigenvalue weighted by Crippen LogP contribution is 2.32. The number of hydrogen-bond donors (Lipinski definition) is 0. The maximum absolute atomic E-state index is 13.5. The van der Waals surface area contributed by atoms with Gasteiger partial charge in [0.25, 0.3) is 5.92 Å². The van der Waals surface area contributed by atoms with Gasteiger partial charge in [-0.05, 0) is 24.4 Å². The Labute approximate surface area is 123 Å². The van der Waals surface area contributed by atoms with E-state index in [4.69, 9.17) is 0 Å². The highest BCUT2D eigenvalue weighted by molar-refractivity contribution is 5.90. The van der Waals surface area contributed by atoms with Crippen LogP contribution in [0, 0.1) is 5.41 Å². The van der Waals surface area contributed by atoms with Crippen molar-refractivity contribution in [2.75, 3.05) is 0 Å². The van der Waals surface area contributed by atoms with Crippen LogP contribution in [0.25, 0.3) is 10.9 Å². The Morgan fingerprint density at radius 2 is 1.76 bits per heavy atom. The van der Waals surface area contributed by atoms with Crippen LogP contribution < -0.4 is 0 Å². The molecule has 2 aromatic rings. The van der Waals surface area contributed by atoms with E-state index in [-0.39, 0.29) is 17.4 Å². The van der Waals surface area contributed by atoms with E-state index in [0.29, 0.717) is 5.52 Å². The number of ketones is 1. The van der Waals surface area contributed by atoms with Gasteiger partial charge in [-0.15, -0.1) is 0 Å². The van der Waals surface area contributed by atoms with E-state index in [1.807, 2.05) is 33.8 Å². The number of hydrogen-bond acceptors (Lipinski definition) is 1. The molecule has 0 fully saturated rings. The van der Waals surface area contributed by atoms with Crippen LogP contribution in [0.15, 0.2) is 30.5 Å². The van der Waals surface area contributed by atoms with Crippen molar-refractivity contribution < 1.29 is 13.6 Å². The van der Waals surface area contributed by atoms with Crippen molar-refractivity contribution in [3.8, 4) is 0 Å². The largest absolute Gasteiger partial charge is 0.337 e. The summed E-state index contributed by atoms with van der Waals surface area (Å²) in [6, 6.07) is 6.04. The monoisotopic (exact) mass is 293 g/mol. The van der Waals surface area contributed by atoms with Crippen LogP contribution >= 0.6 is 0 Å². The number of aromatic nitrogens is 1. The van der Waals surface area contributed by atoms with Crippen molar-refractivity contribution in [2.24, 2.45) is 5.41 Å². The van der Waals surface area contributed by atoms with Gasteiger partial charge in [0.15, 0.2) is 5.78 Å². The summed E-state index contributed by atoms with van der Waals surface area (Å²) in [7, 11) is 0. The predicted octanol–water partition coefficient (Wildman–Crippen LogP) is 4.93. The number of fused-ring (bicyclic) bond motifs is 1. The summed E-state index contributed by atoms with van der Waals surface area (Å²) in [6.07, 6.45) is 1.79. The molecule has 0 aliphatic heterocycles. The van der Waals surface area contributed by atoms with Crippen LogP contribution in [0.5, 0.6) is 0 Å². The summed E-state index contributed by atoms with van der Waals surface area (Å²) in [4.78, 5) is 12.4. The second-order valence-electron chi connectivity index (χ2n) is 6.68. The molecule has 0 saturated carbocycles. The lowest BCUT2D eigenvalue weighted by Crippen LogP contribution is -2.28. The van der Waals surface area contributed by atoms with Crippen LogP contribution in [0.2, 0.25) is 0 Å². The van der Waals surface area contributed by atoms with E-state index >= 15 is 0 Å². The first kappa shape index (κ1) is 15.7. The number of benzene rings is 1. The zero-order valence-corrected chi connectivity index (χ0v) is 13.1. The van der Waals surface area contributed by atoms with Crippen molar-refractivity contribution in [1.29, 1.82) is 0 Å². The van der Waals surface area contributed by atoms with Gasteiger partial charge < -0.3 is 4.57 Å². The third-order valence-corrected chi connectivity index (χ3v) is 3.77. The number of rotatable bonds is 3. The number of carbonyl (C=O) groups is 1. The molecule has 0 bridgehead atoms. The van der Waals surface area contributed by atoms with E-state index < -0.39 is 11.3 Å². The molecule has 0 saturated heterocycles. The van der Waals surface area contributed by atoms with Gasteiger partial charge >= 0.3 is 0 Å². The fraction of sp³-hybridized carbons (Fsp3) is 0.471. The minimum absolute atomic E-state index is 0.0367. The van der Waals surface area contributed by atoms with E-state index in [9.17, 15) is 13.6 Å². The van der Waals surface area contributed by atoms with Gasteiger partial charge in [-0.25, -0.2) is 8.78 Å². The van der Waals surface area contributed by atoms with Crippen molar-refractivity contribution in [2.45, 2.75) is 46.6 Å². The molecular formula is C17H21F2NO. The lowest BCUT2D eigenvalue weighted by Gasteiger charge is -2.24. The summed E-state index contributed by atoms with van der Waals surface area (Å²) in [5.41, 5.74) is 0.159. The number of carbonyl (C=O) groups excluding carboxylic acids is 1. The average Bonchev–Trinajstić information content (AvgIpc) is 2.77. The molecule has 1 atom stereocenters. The minimum Gasteiger partial charge on any atom is -0.337 e. The zero-order chi connectivity index (χ0) is 16.0. The number of halogens is 2. The highest BCUT2D eigenvalue weighted by Gasteiger charge is 2.29. The summed E-state index contributed by atoms with van der Waals surface area (Å²) >= 11 is 0. The van der Waals surface area contributed by atoms with Crippen LogP contribution in [0.4, 0.5) is 8.78 Å². The summed E-state index contributed by atoms with van der Waals surface area (Å²) in [5, 5.41) is 0.858. The molecule has 4 heteroatoms. The van der Waals surface area contributed by atoms with E-state index in [1.165, 1.54) is 12.1 Å². The molecule has 1 aromatic carbocycles. The molecule has 2 rings (SSSR count). The molecule has 0 aliphatic rings. The van der Waals surface area contributed by atoms with Crippen molar-refractivity contribution in [3.05, 3.63) is 36.0 Å². The Morgan fingerprint density at radius 1 is 1.14 bits per heavy atom. The molecule has 0 radical (unpaired) electrons. The number of alkyl halides is 2. The van der Waals surface area contributed by atoms with Crippen molar-refractivity contribution in [1.82, 2.24) is 4.57 Å². The molecule has 21 heavy (non-hydrogen) atoms. The second kappa shape index (κ2) is 4.93. The highest BCUT2D eigenvalue weighted by atomic mass is 19.3. The minimum atomic E-state index is -2.89. The first-order valence-corrected chi connectivity index (χ1v) is 7.05. The Morgan fingerprint density at radius 3 is 2.29 bits per heavy atom. The molecule has 1 heterocycles. The van der Waals surface area contributed by atoms with Gasteiger partial charge in [0.2, 0.25) is 0 Å². The third-order valence-electron chi connectivity index (χ3n) is 3.77. The Kier molecular flexibility index (Phi) is 3.68. The quantitative estimate of drug-likeness (QED) is 0.786. The average molecular weight is 293 g/mol. The van der Waals surface area contributed by atoms with E-state index in [2.05, 4.69) is 0 Å². The maximum Gasteiger partial charge on any atom is 0.270 e. The zero-order valence-electron chi connectivity index (χ0n) is 13.1. The predicted molar refractivity (Wildman–Crippen MR) is 80.7 cm³/mol. The number of Topliss-reactive ketones (excluding diaryl/α,β-unsaturated/α-hetero) is 1. The van der Waals surface area contributed by atoms with Gasteiger partial charge in [-0.2, -0.15) is 0 Å². The molecule has 1 unspecified atom stereocenters. The van der Waals surface area contributed by atoms with Gasteiger partial charge in [-0.3, -0.25) is 4.79 Å². The third kappa shape index (κ3) is 2.99. The molecule has 1 aromatic heterocycles. The topological polar surface area (TPSA) is 22.0 Å². The van der Waals surface area contributed by atoms with Crippen LogP contribution in [-0.2, 0) is 10.7 Å². The fourth-order valence-electron chi connectivity index (χ4n) is 2.51. The normalized spacial score (nSPS) is 14.4. The van der Waals surface area contributed by atoms with E-state index in [1.54, 1.807) is 16.8 Å². The second-order valence-corrected chi connectivity index (χ2v) is 6.68. The van der Waals surface area contributed by atoms with Gasteiger partial charge in [0, 0.05) is 29.6 Å². The SMILES string of the molecule is CC(C(=O)C(C)(C)C)n1ccc2ccc(C(C)(F)F)cc21. The molecule has 0 spiro atoms. The molecular weight excluding hydrogens is 272 g/mol. The molecule has 2 nitrogen and oxygen atoms in total. The smallest absolute Gasteiger partial charge is 0.270 e. The summed E-state index contributed by atoms with van der Waals surface area (Å²) in [6.45, 7) is 8.28. The maximum atomic E-state index is 13.5. The Balaban J connectivity index is 2.53. The standard InChI is InChI=1S/C17H21F2NO/c1-11(15(21)16(2,3)4)20-9-8-12-6-7-13(10-14(12)20)17(5,18)19/h6-11H,1-5H3. The van der Waals surface area contributed by atoms with Crippen LogP contribution in [0.1, 0.15) is 46.2 Å². The molecule has 114 valence electrons. The lowest BCUT2D eigenvalue weighted by molar-refractivity contribution is -0.129. The van der Waals surface area contributed by atoms with Crippen LogP contribution in [-0.4, -0.2) is 10.4 Å². The molecule has 0 amide bonds. The van der Waals surface area contributed by atoms with Crippen molar-refractivity contribution >= 4 is 16.7 Å². The first-order valence-electron chi connectivity index (χ1n) is 7.05. The molecule has 0 aliphatic carbocycles. The van der Waals surface area contributed by atoms with Gasteiger partial charge in [-0.1, -0.05) is 32.9 Å². The molecule has 0 N–H and O–H groups in total.